The van der Waals surface area contributed by atoms with Crippen molar-refractivity contribution in [2.75, 3.05) is 6.54 Å². The number of hydrogen-bond acceptors (Lipinski definition) is 3. The summed E-state index contributed by atoms with van der Waals surface area (Å²) in [6.07, 6.45) is 0.402. The van der Waals surface area contributed by atoms with Crippen LogP contribution in [0.5, 0.6) is 5.75 Å². The summed E-state index contributed by atoms with van der Waals surface area (Å²) in [6, 6.07) is 2.32. The van der Waals surface area contributed by atoms with Crippen LogP contribution in [0.15, 0.2) is 12.1 Å². The van der Waals surface area contributed by atoms with Gasteiger partial charge in [0, 0.05) is 6.54 Å². The number of hydrogen-bond donors (Lipinski definition) is 2. The van der Waals surface area contributed by atoms with Crippen LogP contribution >= 0.6 is 0 Å². The molecular formula is C15H21F2NO3. The number of carboxylic acids is 1. The van der Waals surface area contributed by atoms with Gasteiger partial charge in [-0.3, -0.25) is 0 Å². The van der Waals surface area contributed by atoms with Crippen molar-refractivity contribution in [1.82, 2.24) is 5.32 Å². The molecule has 0 aliphatic heterocycles. The van der Waals surface area contributed by atoms with Crippen molar-refractivity contribution in [1.29, 1.82) is 0 Å². The standard InChI is InChI=1S/C15H21F2NO3/c1-3-5-13(15(19)20)21-14-11(16)7-10(8-12(14)17)9-18-6-4-2/h7-8,13,18H,3-6,9H2,1-2H3,(H,19,20). The Morgan fingerprint density at radius 2 is 1.90 bits per heavy atom. The van der Waals surface area contributed by atoms with Gasteiger partial charge in [-0.2, -0.15) is 0 Å². The Morgan fingerprint density at radius 3 is 2.38 bits per heavy atom. The van der Waals surface area contributed by atoms with Crippen molar-refractivity contribution in [3.05, 3.63) is 29.3 Å². The van der Waals surface area contributed by atoms with Crippen LogP contribution in [0.2, 0.25) is 0 Å². The van der Waals surface area contributed by atoms with E-state index in [9.17, 15) is 13.6 Å². The molecular weight excluding hydrogens is 280 g/mol. The predicted molar refractivity (Wildman–Crippen MR) is 75.3 cm³/mol. The Kier molecular flexibility index (Phi) is 7.08. The fourth-order valence-electron chi connectivity index (χ4n) is 1.87. The minimum atomic E-state index is -1.25. The van der Waals surface area contributed by atoms with Crippen molar-refractivity contribution in [3.63, 3.8) is 0 Å². The number of aliphatic carboxylic acids is 1. The predicted octanol–water partition coefficient (Wildman–Crippen LogP) is 3.10. The molecule has 0 aliphatic carbocycles. The van der Waals surface area contributed by atoms with E-state index in [0.717, 1.165) is 25.1 Å². The molecule has 1 aromatic rings. The zero-order chi connectivity index (χ0) is 15.8. The number of ether oxygens (including phenoxy) is 1. The molecule has 0 spiro atoms. The minimum absolute atomic E-state index is 0.189. The third-order valence-electron chi connectivity index (χ3n) is 2.90. The molecule has 0 bridgehead atoms. The molecule has 0 heterocycles. The van der Waals surface area contributed by atoms with Crippen molar-refractivity contribution >= 4 is 5.97 Å². The molecule has 1 aromatic carbocycles. The quantitative estimate of drug-likeness (QED) is 0.688. The van der Waals surface area contributed by atoms with Gasteiger partial charge in [0.2, 0.25) is 0 Å². The molecule has 118 valence electrons. The Morgan fingerprint density at radius 1 is 1.29 bits per heavy atom. The molecule has 0 aromatic heterocycles. The van der Waals surface area contributed by atoms with Crippen molar-refractivity contribution < 1.29 is 23.4 Å². The van der Waals surface area contributed by atoms with Crippen LogP contribution in [-0.2, 0) is 11.3 Å². The third-order valence-corrected chi connectivity index (χ3v) is 2.90. The van der Waals surface area contributed by atoms with Gasteiger partial charge >= 0.3 is 5.97 Å². The van der Waals surface area contributed by atoms with Gasteiger partial charge in [-0.05, 0) is 37.1 Å². The average Bonchev–Trinajstić information content (AvgIpc) is 2.41. The van der Waals surface area contributed by atoms with E-state index in [4.69, 9.17) is 9.84 Å². The number of carboxylic acid groups (broad SMARTS) is 1. The second-order valence-corrected chi connectivity index (χ2v) is 4.80. The van der Waals surface area contributed by atoms with Crippen LogP contribution in [0.3, 0.4) is 0 Å². The normalized spacial score (nSPS) is 12.2. The third kappa shape index (κ3) is 5.30. The Bertz CT molecular complexity index is 457. The second kappa shape index (κ2) is 8.56. The van der Waals surface area contributed by atoms with E-state index in [0.29, 0.717) is 18.5 Å². The summed E-state index contributed by atoms with van der Waals surface area (Å²) in [7, 11) is 0. The zero-order valence-electron chi connectivity index (χ0n) is 12.3. The second-order valence-electron chi connectivity index (χ2n) is 4.80. The molecule has 1 rings (SSSR count). The van der Waals surface area contributed by atoms with E-state index >= 15 is 0 Å². The van der Waals surface area contributed by atoms with Crippen molar-refractivity contribution in [2.24, 2.45) is 0 Å². The highest BCUT2D eigenvalue weighted by Gasteiger charge is 2.22. The van der Waals surface area contributed by atoms with Crippen molar-refractivity contribution in [2.45, 2.75) is 45.8 Å². The van der Waals surface area contributed by atoms with Crippen molar-refractivity contribution in [3.8, 4) is 5.75 Å². The van der Waals surface area contributed by atoms with Gasteiger partial charge < -0.3 is 15.2 Å². The van der Waals surface area contributed by atoms with E-state index in [1.807, 2.05) is 6.92 Å². The molecule has 0 fully saturated rings. The molecule has 21 heavy (non-hydrogen) atoms. The SMILES string of the molecule is CCCNCc1cc(F)c(OC(CCC)C(=O)O)c(F)c1. The monoisotopic (exact) mass is 301 g/mol. The molecule has 4 nitrogen and oxygen atoms in total. The van der Waals surface area contributed by atoms with Crippen LogP contribution in [0.25, 0.3) is 0 Å². The van der Waals surface area contributed by atoms with Crippen LogP contribution in [0.4, 0.5) is 8.78 Å². The molecule has 0 saturated carbocycles. The van der Waals surface area contributed by atoms with E-state index < -0.39 is 29.5 Å². The summed E-state index contributed by atoms with van der Waals surface area (Å²) < 4.78 is 32.8. The average molecular weight is 301 g/mol. The maximum atomic E-state index is 13.9. The lowest BCUT2D eigenvalue weighted by molar-refractivity contribution is -0.145. The summed E-state index contributed by atoms with van der Waals surface area (Å²) in [6.45, 7) is 4.86. The first-order valence-electron chi connectivity index (χ1n) is 7.07. The van der Waals surface area contributed by atoms with E-state index in [-0.39, 0.29) is 6.42 Å². The lowest BCUT2D eigenvalue weighted by Gasteiger charge is -2.16. The molecule has 0 radical (unpaired) electrons. The minimum Gasteiger partial charge on any atom is -0.479 e. The summed E-state index contributed by atoms with van der Waals surface area (Å²) in [5.74, 6) is -3.63. The number of nitrogens with one attached hydrogen (secondary N) is 1. The molecule has 0 aliphatic rings. The Balaban J connectivity index is 2.85. The highest BCUT2D eigenvalue weighted by molar-refractivity contribution is 5.72. The number of benzene rings is 1. The lowest BCUT2D eigenvalue weighted by atomic mass is 10.1. The first kappa shape index (κ1) is 17.4. The van der Waals surface area contributed by atoms with Gasteiger partial charge in [-0.15, -0.1) is 0 Å². The Hall–Kier alpha value is -1.69. The topological polar surface area (TPSA) is 58.6 Å². The highest BCUT2D eigenvalue weighted by Crippen LogP contribution is 2.25. The summed E-state index contributed by atoms with van der Waals surface area (Å²) in [5, 5.41) is 12.0. The first-order valence-corrected chi connectivity index (χ1v) is 7.07. The highest BCUT2D eigenvalue weighted by atomic mass is 19.1. The fraction of sp³-hybridized carbons (Fsp3) is 0.533. The molecule has 2 N–H and O–H groups in total. The molecule has 6 heteroatoms. The number of carbonyl (C=O) groups is 1. The van der Waals surface area contributed by atoms with Gasteiger partial charge in [0.25, 0.3) is 0 Å². The summed E-state index contributed by atoms with van der Waals surface area (Å²) >= 11 is 0. The summed E-state index contributed by atoms with van der Waals surface area (Å²) in [5.41, 5.74) is 0.452. The van der Waals surface area contributed by atoms with Crippen LogP contribution in [-0.4, -0.2) is 23.7 Å². The smallest absolute Gasteiger partial charge is 0.344 e. The van der Waals surface area contributed by atoms with Crippen LogP contribution in [0, 0.1) is 11.6 Å². The van der Waals surface area contributed by atoms with Gasteiger partial charge in [0.1, 0.15) is 0 Å². The number of rotatable bonds is 9. The fourth-order valence-corrected chi connectivity index (χ4v) is 1.87. The van der Waals surface area contributed by atoms with Crippen LogP contribution < -0.4 is 10.1 Å². The zero-order valence-corrected chi connectivity index (χ0v) is 12.3. The molecule has 0 saturated heterocycles. The molecule has 1 unspecified atom stereocenters. The number of halogens is 2. The molecule has 1 atom stereocenters. The lowest BCUT2D eigenvalue weighted by Crippen LogP contribution is -2.27. The van der Waals surface area contributed by atoms with Gasteiger partial charge in [0.15, 0.2) is 23.5 Å². The summed E-state index contributed by atoms with van der Waals surface area (Å²) in [4.78, 5) is 11.0. The van der Waals surface area contributed by atoms with E-state index in [2.05, 4.69) is 5.32 Å². The van der Waals surface area contributed by atoms with Gasteiger partial charge in [-0.1, -0.05) is 20.3 Å². The first-order chi connectivity index (χ1) is 9.99. The maximum absolute atomic E-state index is 13.9. The largest absolute Gasteiger partial charge is 0.479 e. The van der Waals surface area contributed by atoms with Gasteiger partial charge in [-0.25, -0.2) is 13.6 Å². The van der Waals surface area contributed by atoms with E-state index in [1.165, 1.54) is 0 Å². The van der Waals surface area contributed by atoms with E-state index in [1.54, 1.807) is 6.92 Å². The molecule has 0 amide bonds. The van der Waals surface area contributed by atoms with Gasteiger partial charge in [0.05, 0.1) is 0 Å². The Labute approximate surface area is 123 Å². The van der Waals surface area contributed by atoms with Crippen LogP contribution in [0.1, 0.15) is 38.7 Å². The maximum Gasteiger partial charge on any atom is 0.344 e.